The number of amides is 3. The number of carbonyl (C=O) groups excluding carboxylic acids is 3. The van der Waals surface area contributed by atoms with Gasteiger partial charge in [-0.2, -0.15) is 0 Å². The third kappa shape index (κ3) is 6.69. The van der Waals surface area contributed by atoms with Gasteiger partial charge in [-0.25, -0.2) is 4.39 Å². The van der Waals surface area contributed by atoms with Crippen molar-refractivity contribution in [1.29, 1.82) is 0 Å². The molecule has 3 aromatic rings. The highest BCUT2D eigenvalue weighted by molar-refractivity contribution is 8.18. The minimum Gasteiger partial charge on any atom is -0.490 e. The van der Waals surface area contributed by atoms with Crippen molar-refractivity contribution in [1.82, 2.24) is 4.90 Å². The summed E-state index contributed by atoms with van der Waals surface area (Å²) in [6.45, 7) is 1.96. The molecule has 1 heterocycles. The molecule has 10 heteroatoms. The van der Waals surface area contributed by atoms with Crippen molar-refractivity contribution in [2.24, 2.45) is 0 Å². The van der Waals surface area contributed by atoms with Crippen LogP contribution >= 0.6 is 23.4 Å². The van der Waals surface area contributed by atoms with Gasteiger partial charge >= 0.3 is 0 Å². The maximum atomic E-state index is 13.3. The van der Waals surface area contributed by atoms with Gasteiger partial charge in [0.25, 0.3) is 11.1 Å². The fourth-order valence-corrected chi connectivity index (χ4v) is 4.61. The fraction of sp³-hybridized carbons (Fsp3) is 0.148. The number of benzene rings is 3. The molecule has 190 valence electrons. The van der Waals surface area contributed by atoms with Crippen molar-refractivity contribution in [2.75, 3.05) is 18.5 Å². The summed E-state index contributed by atoms with van der Waals surface area (Å²) in [5.74, 6) is -1.01. The number of rotatable bonds is 9. The van der Waals surface area contributed by atoms with Gasteiger partial charge in [-0.3, -0.25) is 19.3 Å². The standard InChI is InChI=1S/C27H22ClFN2O5S/c1-2-35-22-12-18(11-21(28)25(22)36-16-17-7-4-3-5-8-17)13-23-26(33)31(27(34)37-23)15-24(32)30-20-10-6-9-19(29)14-20/h3-14H,2,15-16H2,1H3,(H,30,32)/b23-13+. The van der Waals surface area contributed by atoms with Crippen LogP contribution in [-0.4, -0.2) is 35.1 Å². The number of nitrogens with zero attached hydrogens (tertiary/aromatic N) is 1. The summed E-state index contributed by atoms with van der Waals surface area (Å²) >= 11 is 7.20. The number of imide groups is 1. The van der Waals surface area contributed by atoms with E-state index in [-0.39, 0.29) is 22.2 Å². The van der Waals surface area contributed by atoms with Crippen LogP contribution in [0, 0.1) is 5.82 Å². The molecule has 37 heavy (non-hydrogen) atoms. The minimum absolute atomic E-state index is 0.125. The van der Waals surface area contributed by atoms with Crippen LogP contribution in [0.3, 0.4) is 0 Å². The first-order valence-electron chi connectivity index (χ1n) is 11.3. The number of hydrogen-bond acceptors (Lipinski definition) is 6. The quantitative estimate of drug-likeness (QED) is 0.329. The second-order valence-electron chi connectivity index (χ2n) is 7.86. The lowest BCUT2D eigenvalue weighted by molar-refractivity contribution is -0.127. The van der Waals surface area contributed by atoms with Gasteiger partial charge in [0.15, 0.2) is 11.5 Å². The van der Waals surface area contributed by atoms with Gasteiger partial charge in [0, 0.05) is 5.69 Å². The SMILES string of the molecule is CCOc1cc(/C=C2/SC(=O)N(CC(=O)Nc3cccc(F)c3)C2=O)cc(Cl)c1OCc1ccccc1. The van der Waals surface area contributed by atoms with E-state index in [0.29, 0.717) is 35.4 Å². The second kappa shape index (κ2) is 11.9. The average Bonchev–Trinajstić information content (AvgIpc) is 3.11. The van der Waals surface area contributed by atoms with Gasteiger partial charge in [-0.05, 0) is 66.2 Å². The molecule has 0 atom stereocenters. The average molecular weight is 541 g/mol. The molecule has 1 saturated heterocycles. The van der Waals surface area contributed by atoms with Crippen LogP contribution in [0.15, 0.2) is 71.6 Å². The van der Waals surface area contributed by atoms with Gasteiger partial charge in [0.05, 0.1) is 16.5 Å². The van der Waals surface area contributed by atoms with Crippen LogP contribution in [0.25, 0.3) is 6.08 Å². The van der Waals surface area contributed by atoms with E-state index in [1.165, 1.54) is 24.3 Å². The Labute approximate surface area is 222 Å². The fourth-order valence-electron chi connectivity index (χ4n) is 3.50. The van der Waals surface area contributed by atoms with Crippen molar-refractivity contribution in [3.8, 4) is 11.5 Å². The van der Waals surface area contributed by atoms with Crippen LogP contribution in [0.4, 0.5) is 14.9 Å². The number of ether oxygens (including phenoxy) is 2. The van der Waals surface area contributed by atoms with E-state index in [4.69, 9.17) is 21.1 Å². The molecule has 0 spiro atoms. The first-order valence-corrected chi connectivity index (χ1v) is 12.5. The molecule has 0 bridgehead atoms. The van der Waals surface area contributed by atoms with E-state index in [0.717, 1.165) is 16.5 Å². The van der Waals surface area contributed by atoms with Crippen LogP contribution in [0.5, 0.6) is 11.5 Å². The Morgan fingerprint density at radius 1 is 1.08 bits per heavy atom. The first kappa shape index (κ1) is 26.2. The zero-order chi connectivity index (χ0) is 26.4. The smallest absolute Gasteiger partial charge is 0.294 e. The van der Waals surface area contributed by atoms with Crippen LogP contribution < -0.4 is 14.8 Å². The van der Waals surface area contributed by atoms with E-state index in [1.54, 1.807) is 12.1 Å². The topological polar surface area (TPSA) is 84.9 Å². The first-order chi connectivity index (χ1) is 17.8. The van der Waals surface area contributed by atoms with Crippen molar-refractivity contribution < 1.29 is 28.2 Å². The Morgan fingerprint density at radius 3 is 2.59 bits per heavy atom. The molecule has 1 aliphatic heterocycles. The highest BCUT2D eigenvalue weighted by Gasteiger charge is 2.36. The van der Waals surface area contributed by atoms with Gasteiger partial charge in [-0.15, -0.1) is 0 Å². The number of halogens is 2. The van der Waals surface area contributed by atoms with Gasteiger partial charge in [-0.1, -0.05) is 48.0 Å². The summed E-state index contributed by atoms with van der Waals surface area (Å²) in [4.78, 5) is 38.6. The van der Waals surface area contributed by atoms with Gasteiger partial charge in [0.2, 0.25) is 5.91 Å². The van der Waals surface area contributed by atoms with E-state index < -0.39 is 29.4 Å². The summed E-state index contributed by atoms with van der Waals surface area (Å²) in [5.41, 5.74) is 1.70. The maximum Gasteiger partial charge on any atom is 0.294 e. The molecule has 0 aromatic heterocycles. The molecule has 0 radical (unpaired) electrons. The predicted molar refractivity (Wildman–Crippen MR) is 141 cm³/mol. The highest BCUT2D eigenvalue weighted by atomic mass is 35.5. The number of nitrogens with one attached hydrogen (secondary N) is 1. The summed E-state index contributed by atoms with van der Waals surface area (Å²) in [5, 5.41) is 2.16. The molecule has 1 N–H and O–H groups in total. The van der Waals surface area contributed by atoms with Gasteiger partial charge in [0.1, 0.15) is 19.0 Å². The van der Waals surface area contributed by atoms with E-state index >= 15 is 0 Å². The molecule has 0 unspecified atom stereocenters. The molecular formula is C27H22ClFN2O5S. The van der Waals surface area contributed by atoms with Crippen LogP contribution in [0.1, 0.15) is 18.1 Å². The van der Waals surface area contributed by atoms with Crippen LogP contribution in [-0.2, 0) is 16.2 Å². The third-order valence-electron chi connectivity index (χ3n) is 5.14. The number of anilines is 1. The molecule has 0 saturated carbocycles. The molecular weight excluding hydrogens is 519 g/mol. The molecule has 1 aliphatic rings. The Morgan fingerprint density at radius 2 is 1.86 bits per heavy atom. The Hall–Kier alpha value is -3.82. The lowest BCUT2D eigenvalue weighted by Gasteiger charge is -2.15. The summed E-state index contributed by atoms with van der Waals surface area (Å²) in [6, 6.07) is 18.2. The zero-order valence-corrected chi connectivity index (χ0v) is 21.3. The molecule has 4 rings (SSSR count). The van der Waals surface area contributed by atoms with Crippen LogP contribution in [0.2, 0.25) is 5.02 Å². The molecule has 3 aromatic carbocycles. The maximum absolute atomic E-state index is 13.3. The van der Waals surface area contributed by atoms with Crippen molar-refractivity contribution in [3.63, 3.8) is 0 Å². The van der Waals surface area contributed by atoms with Crippen molar-refractivity contribution in [3.05, 3.63) is 93.6 Å². The van der Waals surface area contributed by atoms with Crippen molar-refractivity contribution >= 4 is 52.2 Å². The van der Waals surface area contributed by atoms with Gasteiger partial charge < -0.3 is 14.8 Å². The third-order valence-corrected chi connectivity index (χ3v) is 6.33. The van der Waals surface area contributed by atoms with E-state index in [2.05, 4.69) is 5.32 Å². The Bertz CT molecular complexity index is 1370. The number of hydrogen-bond donors (Lipinski definition) is 1. The lowest BCUT2D eigenvalue weighted by Crippen LogP contribution is -2.36. The molecule has 0 aliphatic carbocycles. The summed E-state index contributed by atoms with van der Waals surface area (Å²) in [6.07, 6.45) is 1.50. The van der Waals surface area contributed by atoms with Crippen molar-refractivity contribution in [2.45, 2.75) is 13.5 Å². The summed E-state index contributed by atoms with van der Waals surface area (Å²) < 4.78 is 25.0. The number of carbonyl (C=O) groups is 3. The molecule has 3 amide bonds. The number of thioether (sulfide) groups is 1. The Balaban J connectivity index is 1.49. The lowest BCUT2D eigenvalue weighted by atomic mass is 10.1. The normalized spacial score (nSPS) is 14.2. The Kier molecular flexibility index (Phi) is 8.47. The largest absolute Gasteiger partial charge is 0.490 e. The predicted octanol–water partition coefficient (Wildman–Crippen LogP) is 6.13. The molecule has 7 nitrogen and oxygen atoms in total. The zero-order valence-electron chi connectivity index (χ0n) is 19.7. The molecule has 1 fully saturated rings. The van der Waals surface area contributed by atoms with E-state index in [1.807, 2.05) is 37.3 Å². The summed E-state index contributed by atoms with van der Waals surface area (Å²) in [7, 11) is 0. The second-order valence-corrected chi connectivity index (χ2v) is 9.26. The highest BCUT2D eigenvalue weighted by Crippen LogP contribution is 2.39. The minimum atomic E-state index is -0.629. The van der Waals surface area contributed by atoms with E-state index in [9.17, 15) is 18.8 Å². The monoisotopic (exact) mass is 540 g/mol.